The van der Waals surface area contributed by atoms with Crippen LogP contribution in [-0.2, 0) is 9.47 Å². The van der Waals surface area contributed by atoms with Gasteiger partial charge in [0, 0.05) is 0 Å². The third kappa shape index (κ3) is 8.09. The first-order valence-corrected chi connectivity index (χ1v) is 8.52. The topological polar surface area (TPSA) is 168 Å². The van der Waals surface area contributed by atoms with Gasteiger partial charge in [-0.2, -0.15) is 0 Å². The summed E-state index contributed by atoms with van der Waals surface area (Å²) < 4.78 is 9.41. The third-order valence-corrected chi connectivity index (χ3v) is 3.38. The maximum Gasteiger partial charge on any atom is 0.338 e. The van der Waals surface area contributed by atoms with Crippen molar-refractivity contribution in [2.24, 2.45) is 0 Å². The molecule has 0 aliphatic heterocycles. The SMILES string of the molecule is O=C(O)c1ccc(C(=O)O)cc1.O=C(OCCO)c1ccc(C(=O)OCCO)cc1. The van der Waals surface area contributed by atoms with Crippen LogP contribution in [0.5, 0.6) is 0 Å². The number of esters is 2. The predicted octanol–water partition coefficient (Wildman–Crippen LogP) is 1.07. The van der Waals surface area contributed by atoms with Gasteiger partial charge in [0.25, 0.3) is 0 Å². The third-order valence-electron chi connectivity index (χ3n) is 3.38. The molecule has 2 aromatic carbocycles. The molecule has 160 valence electrons. The Morgan fingerprint density at radius 2 is 0.833 bits per heavy atom. The van der Waals surface area contributed by atoms with Crippen LogP contribution in [0.25, 0.3) is 0 Å². The summed E-state index contributed by atoms with van der Waals surface area (Å²) >= 11 is 0. The van der Waals surface area contributed by atoms with E-state index in [1.54, 1.807) is 0 Å². The number of carboxylic acid groups (broad SMARTS) is 2. The van der Waals surface area contributed by atoms with Crippen molar-refractivity contribution in [3.8, 4) is 0 Å². The van der Waals surface area contributed by atoms with Crippen LogP contribution >= 0.6 is 0 Å². The molecule has 0 bridgehead atoms. The van der Waals surface area contributed by atoms with E-state index in [0.29, 0.717) is 0 Å². The molecular weight excluding hydrogens is 400 g/mol. The van der Waals surface area contributed by atoms with Crippen molar-refractivity contribution in [1.82, 2.24) is 0 Å². The Labute approximate surface area is 170 Å². The van der Waals surface area contributed by atoms with Crippen molar-refractivity contribution in [2.45, 2.75) is 0 Å². The lowest BCUT2D eigenvalue weighted by Crippen LogP contribution is -2.11. The molecule has 0 unspecified atom stereocenters. The number of aliphatic hydroxyl groups is 2. The number of hydrogen-bond donors (Lipinski definition) is 4. The van der Waals surface area contributed by atoms with Crippen molar-refractivity contribution >= 4 is 23.9 Å². The van der Waals surface area contributed by atoms with Gasteiger partial charge in [0.2, 0.25) is 0 Å². The van der Waals surface area contributed by atoms with Gasteiger partial charge >= 0.3 is 23.9 Å². The lowest BCUT2D eigenvalue weighted by Gasteiger charge is -2.05. The molecule has 0 atom stereocenters. The van der Waals surface area contributed by atoms with Crippen LogP contribution in [0.1, 0.15) is 41.4 Å². The number of carbonyl (C=O) groups is 4. The number of ether oxygens (including phenoxy) is 2. The molecule has 10 nitrogen and oxygen atoms in total. The molecule has 10 heteroatoms. The molecule has 0 aliphatic carbocycles. The highest BCUT2D eigenvalue weighted by atomic mass is 16.5. The van der Waals surface area contributed by atoms with Gasteiger partial charge in [0.05, 0.1) is 35.5 Å². The molecule has 0 radical (unpaired) electrons. The fraction of sp³-hybridized carbons (Fsp3) is 0.200. The van der Waals surface area contributed by atoms with E-state index in [4.69, 9.17) is 29.9 Å². The Kier molecular flexibility index (Phi) is 10.2. The van der Waals surface area contributed by atoms with Gasteiger partial charge in [-0.05, 0) is 48.5 Å². The number of aromatic carboxylic acids is 2. The van der Waals surface area contributed by atoms with Crippen molar-refractivity contribution in [1.29, 1.82) is 0 Å². The number of rotatable bonds is 8. The van der Waals surface area contributed by atoms with Gasteiger partial charge in [-0.1, -0.05) is 0 Å². The summed E-state index contributed by atoms with van der Waals surface area (Å²) in [5.41, 5.74) is 0.726. The Bertz CT molecular complexity index is 784. The molecule has 30 heavy (non-hydrogen) atoms. The van der Waals surface area contributed by atoms with Gasteiger partial charge in [-0.25, -0.2) is 19.2 Å². The molecule has 0 amide bonds. The molecule has 0 saturated carbocycles. The average molecular weight is 420 g/mol. The van der Waals surface area contributed by atoms with E-state index in [0.717, 1.165) is 0 Å². The summed E-state index contributed by atoms with van der Waals surface area (Å²) in [6.07, 6.45) is 0. The molecule has 0 fully saturated rings. The highest BCUT2D eigenvalue weighted by molar-refractivity contribution is 5.93. The molecule has 0 aliphatic rings. The lowest BCUT2D eigenvalue weighted by atomic mass is 10.1. The van der Waals surface area contributed by atoms with Crippen LogP contribution < -0.4 is 0 Å². The van der Waals surface area contributed by atoms with Gasteiger partial charge in [0.1, 0.15) is 13.2 Å². The first-order chi connectivity index (χ1) is 14.3. The minimum absolute atomic E-state index is 0.0703. The highest BCUT2D eigenvalue weighted by Crippen LogP contribution is 2.07. The Hall–Kier alpha value is -3.76. The van der Waals surface area contributed by atoms with Crippen molar-refractivity contribution in [3.63, 3.8) is 0 Å². The quantitative estimate of drug-likeness (QED) is 0.453. The zero-order valence-electron chi connectivity index (χ0n) is 15.7. The van der Waals surface area contributed by atoms with Crippen LogP contribution in [0.4, 0.5) is 0 Å². The van der Waals surface area contributed by atoms with Crippen LogP contribution in [0.15, 0.2) is 48.5 Å². The standard InChI is InChI=1S/C12H14O6.C8H6O4/c13-5-7-17-11(15)9-1-2-10(4-3-9)12(16)18-8-6-14;9-7(10)5-1-2-6(4-3-5)8(11)12/h1-4,13-14H,5-8H2;1-4H,(H,9,10)(H,11,12). The molecule has 2 aromatic rings. The lowest BCUT2D eigenvalue weighted by molar-refractivity contribution is 0.0422. The average Bonchev–Trinajstić information content (AvgIpc) is 2.76. The number of benzene rings is 2. The van der Waals surface area contributed by atoms with E-state index in [2.05, 4.69) is 0 Å². The number of carbonyl (C=O) groups excluding carboxylic acids is 2. The Morgan fingerprint density at radius 1 is 0.567 bits per heavy atom. The summed E-state index contributed by atoms with van der Waals surface area (Å²) in [7, 11) is 0. The van der Waals surface area contributed by atoms with Crippen LogP contribution in [0.3, 0.4) is 0 Å². The predicted molar refractivity (Wildman–Crippen MR) is 102 cm³/mol. The van der Waals surface area contributed by atoms with Crippen LogP contribution in [-0.4, -0.2) is 70.7 Å². The molecule has 0 spiro atoms. The van der Waals surface area contributed by atoms with E-state index in [1.165, 1.54) is 48.5 Å². The van der Waals surface area contributed by atoms with Gasteiger partial charge in [-0.3, -0.25) is 0 Å². The second-order valence-corrected chi connectivity index (χ2v) is 5.48. The number of carboxylic acids is 2. The van der Waals surface area contributed by atoms with E-state index in [9.17, 15) is 19.2 Å². The molecule has 2 rings (SSSR count). The van der Waals surface area contributed by atoms with Gasteiger partial charge in [0.15, 0.2) is 0 Å². The zero-order valence-corrected chi connectivity index (χ0v) is 15.7. The van der Waals surface area contributed by atoms with Crippen LogP contribution in [0.2, 0.25) is 0 Å². The molecule has 0 saturated heterocycles. The number of aliphatic hydroxyl groups excluding tert-OH is 2. The summed E-state index contributed by atoms with van der Waals surface area (Å²) in [6.45, 7) is -0.618. The molecular formula is C20H20O10. The second kappa shape index (κ2) is 12.6. The van der Waals surface area contributed by atoms with E-state index in [1.807, 2.05) is 0 Å². The molecule has 0 aromatic heterocycles. The Morgan fingerprint density at radius 3 is 1.07 bits per heavy atom. The van der Waals surface area contributed by atoms with Gasteiger partial charge in [-0.15, -0.1) is 0 Å². The zero-order chi connectivity index (χ0) is 22.5. The minimum atomic E-state index is -1.06. The van der Waals surface area contributed by atoms with E-state index < -0.39 is 23.9 Å². The van der Waals surface area contributed by atoms with E-state index in [-0.39, 0.29) is 48.7 Å². The first-order valence-electron chi connectivity index (χ1n) is 8.52. The van der Waals surface area contributed by atoms with Crippen molar-refractivity contribution < 1.29 is 49.1 Å². The Balaban J connectivity index is 0.000000325. The molecule has 0 heterocycles. The summed E-state index contributed by atoms with van der Waals surface area (Å²) in [4.78, 5) is 43.4. The summed E-state index contributed by atoms with van der Waals surface area (Å²) in [5, 5.41) is 33.9. The maximum atomic E-state index is 11.4. The fourth-order valence-electron chi connectivity index (χ4n) is 1.94. The number of hydrogen-bond acceptors (Lipinski definition) is 8. The van der Waals surface area contributed by atoms with Gasteiger partial charge < -0.3 is 29.9 Å². The first kappa shape index (κ1) is 24.3. The monoisotopic (exact) mass is 420 g/mol. The molecule has 4 N–H and O–H groups in total. The van der Waals surface area contributed by atoms with Crippen molar-refractivity contribution in [3.05, 3.63) is 70.8 Å². The highest BCUT2D eigenvalue weighted by Gasteiger charge is 2.10. The minimum Gasteiger partial charge on any atom is -0.478 e. The summed E-state index contributed by atoms with van der Waals surface area (Å²) in [5.74, 6) is -3.27. The van der Waals surface area contributed by atoms with Crippen molar-refractivity contribution in [2.75, 3.05) is 26.4 Å². The normalized spacial score (nSPS) is 9.67. The second-order valence-electron chi connectivity index (χ2n) is 5.48. The fourth-order valence-corrected chi connectivity index (χ4v) is 1.94. The van der Waals surface area contributed by atoms with E-state index >= 15 is 0 Å². The maximum absolute atomic E-state index is 11.4. The van der Waals surface area contributed by atoms with Crippen LogP contribution in [0, 0.1) is 0 Å². The largest absolute Gasteiger partial charge is 0.478 e. The summed E-state index contributed by atoms with van der Waals surface area (Å²) in [6, 6.07) is 10.7. The smallest absolute Gasteiger partial charge is 0.338 e.